The summed E-state index contributed by atoms with van der Waals surface area (Å²) in [5, 5.41) is 7.44. The van der Waals surface area contributed by atoms with Crippen LogP contribution < -0.4 is 10.2 Å². The number of amides is 1. The van der Waals surface area contributed by atoms with Gasteiger partial charge in [0.05, 0.1) is 30.2 Å². The van der Waals surface area contributed by atoms with Crippen LogP contribution in [0.2, 0.25) is 0 Å². The molecule has 1 amide bonds. The standard InChI is InChI=1S/C20H26N4O/c1-14-19(15(2)23(4)22-14)21-20(25)16(3)24-12-10-18(11-13-24)17-8-6-5-7-9-17/h5-10,16H,11-13H2,1-4H3,(H,21,25)/p+1/t16-/m1/s1. The smallest absolute Gasteiger partial charge is 0.282 e. The van der Waals surface area contributed by atoms with Gasteiger partial charge < -0.3 is 10.2 Å². The van der Waals surface area contributed by atoms with E-state index in [0.717, 1.165) is 36.6 Å². The predicted octanol–water partition coefficient (Wildman–Crippen LogP) is 1.74. The van der Waals surface area contributed by atoms with Crippen LogP contribution in [-0.2, 0) is 11.8 Å². The predicted molar refractivity (Wildman–Crippen MR) is 101 cm³/mol. The summed E-state index contributed by atoms with van der Waals surface area (Å²) in [4.78, 5) is 14.0. The minimum absolute atomic E-state index is 0.0609. The van der Waals surface area contributed by atoms with E-state index < -0.39 is 0 Å². The van der Waals surface area contributed by atoms with Crippen molar-refractivity contribution in [3.8, 4) is 0 Å². The van der Waals surface area contributed by atoms with E-state index in [-0.39, 0.29) is 11.9 Å². The Balaban J connectivity index is 1.65. The second-order valence-electron chi connectivity index (χ2n) is 6.84. The van der Waals surface area contributed by atoms with Gasteiger partial charge in [-0.2, -0.15) is 5.10 Å². The first-order chi connectivity index (χ1) is 12.0. The molecule has 1 aliphatic rings. The van der Waals surface area contributed by atoms with Crippen molar-refractivity contribution in [3.05, 3.63) is 53.4 Å². The number of rotatable bonds is 4. The zero-order valence-corrected chi connectivity index (χ0v) is 15.5. The van der Waals surface area contributed by atoms with Crippen LogP contribution in [0.1, 0.15) is 30.3 Å². The molecule has 5 heteroatoms. The lowest BCUT2D eigenvalue weighted by molar-refractivity contribution is -0.909. The summed E-state index contributed by atoms with van der Waals surface area (Å²) in [5.74, 6) is 0.0609. The van der Waals surface area contributed by atoms with Crippen molar-refractivity contribution in [1.29, 1.82) is 0 Å². The van der Waals surface area contributed by atoms with Gasteiger partial charge in [0.15, 0.2) is 6.04 Å². The number of quaternary nitrogens is 1. The van der Waals surface area contributed by atoms with E-state index in [4.69, 9.17) is 0 Å². The lowest BCUT2D eigenvalue weighted by Crippen LogP contribution is -3.17. The van der Waals surface area contributed by atoms with E-state index in [1.165, 1.54) is 16.0 Å². The third-order valence-electron chi connectivity index (χ3n) is 5.23. The molecule has 2 N–H and O–H groups in total. The molecule has 0 bridgehead atoms. The topological polar surface area (TPSA) is 51.4 Å². The molecule has 1 aliphatic heterocycles. The largest absolute Gasteiger partial charge is 0.321 e. The number of nitrogens with one attached hydrogen (secondary N) is 2. The molecule has 0 saturated carbocycles. The number of hydrogen-bond acceptors (Lipinski definition) is 2. The van der Waals surface area contributed by atoms with Crippen molar-refractivity contribution in [2.24, 2.45) is 7.05 Å². The van der Waals surface area contributed by atoms with Gasteiger partial charge in [0.2, 0.25) is 0 Å². The molecule has 2 heterocycles. The van der Waals surface area contributed by atoms with Crippen LogP contribution in [0.5, 0.6) is 0 Å². The highest BCUT2D eigenvalue weighted by Crippen LogP contribution is 2.19. The van der Waals surface area contributed by atoms with Crippen molar-refractivity contribution in [1.82, 2.24) is 9.78 Å². The molecule has 0 spiro atoms. The fraction of sp³-hybridized carbons (Fsp3) is 0.400. The number of benzene rings is 1. The van der Waals surface area contributed by atoms with Crippen LogP contribution in [0.3, 0.4) is 0 Å². The van der Waals surface area contributed by atoms with Gasteiger partial charge in [-0.15, -0.1) is 0 Å². The van der Waals surface area contributed by atoms with Gasteiger partial charge >= 0.3 is 0 Å². The Bertz CT molecular complexity index is 792. The second-order valence-corrected chi connectivity index (χ2v) is 6.84. The molecule has 1 aromatic carbocycles. The Morgan fingerprint density at radius 2 is 2.00 bits per heavy atom. The Labute approximate surface area is 149 Å². The van der Waals surface area contributed by atoms with Gasteiger partial charge in [0, 0.05) is 13.5 Å². The lowest BCUT2D eigenvalue weighted by Gasteiger charge is -2.28. The molecule has 0 saturated heterocycles. The zero-order valence-electron chi connectivity index (χ0n) is 15.5. The number of nitrogens with zero attached hydrogens (tertiary/aromatic N) is 2. The van der Waals surface area contributed by atoms with E-state index in [2.05, 4.69) is 40.8 Å². The second kappa shape index (κ2) is 7.23. The maximum atomic E-state index is 12.7. The van der Waals surface area contributed by atoms with Crippen molar-refractivity contribution < 1.29 is 9.69 Å². The fourth-order valence-electron chi connectivity index (χ4n) is 3.43. The summed E-state index contributed by atoms with van der Waals surface area (Å²) in [6, 6.07) is 10.4. The van der Waals surface area contributed by atoms with Crippen molar-refractivity contribution in [2.75, 3.05) is 18.4 Å². The van der Waals surface area contributed by atoms with Crippen molar-refractivity contribution >= 4 is 17.2 Å². The maximum Gasteiger partial charge on any atom is 0.282 e. The summed E-state index contributed by atoms with van der Waals surface area (Å²) >= 11 is 0. The molecule has 2 atom stereocenters. The van der Waals surface area contributed by atoms with Crippen LogP contribution >= 0.6 is 0 Å². The molecule has 1 unspecified atom stereocenters. The van der Waals surface area contributed by atoms with Crippen LogP contribution in [0.15, 0.2) is 36.4 Å². The zero-order chi connectivity index (χ0) is 18.0. The lowest BCUT2D eigenvalue weighted by atomic mass is 9.99. The first-order valence-electron chi connectivity index (χ1n) is 8.87. The average Bonchev–Trinajstić information content (AvgIpc) is 2.88. The number of anilines is 1. The summed E-state index contributed by atoms with van der Waals surface area (Å²) in [7, 11) is 1.90. The molecule has 3 rings (SSSR count). The van der Waals surface area contributed by atoms with Gasteiger partial charge in [-0.3, -0.25) is 9.48 Å². The summed E-state index contributed by atoms with van der Waals surface area (Å²) in [5.41, 5.74) is 5.37. The molecule has 5 nitrogen and oxygen atoms in total. The number of hydrogen-bond donors (Lipinski definition) is 2. The molecule has 1 aromatic heterocycles. The fourth-order valence-corrected chi connectivity index (χ4v) is 3.43. The Kier molecular flexibility index (Phi) is 5.04. The third kappa shape index (κ3) is 3.66. The van der Waals surface area contributed by atoms with Crippen LogP contribution in [-0.4, -0.2) is 34.8 Å². The van der Waals surface area contributed by atoms with E-state index in [1.807, 2.05) is 33.9 Å². The highest BCUT2D eigenvalue weighted by molar-refractivity contribution is 5.94. The number of aromatic nitrogens is 2. The molecule has 2 aromatic rings. The van der Waals surface area contributed by atoms with E-state index >= 15 is 0 Å². The van der Waals surface area contributed by atoms with Gasteiger partial charge in [0.1, 0.15) is 0 Å². The average molecular weight is 339 g/mol. The number of carbonyl (C=O) groups excluding carboxylic acids is 1. The SMILES string of the molecule is Cc1nn(C)c(C)c1NC(=O)[C@@H](C)[NH+]1CC=C(c2ccccc2)CC1. The molecule has 0 aliphatic carbocycles. The molecular formula is C20H27N4O+. The minimum Gasteiger partial charge on any atom is -0.321 e. The first kappa shape index (κ1) is 17.4. The quantitative estimate of drug-likeness (QED) is 0.891. The normalized spacial score (nSPS) is 18.6. The summed E-state index contributed by atoms with van der Waals surface area (Å²) < 4.78 is 1.80. The third-order valence-corrected chi connectivity index (χ3v) is 5.23. The molecular weight excluding hydrogens is 312 g/mol. The van der Waals surface area contributed by atoms with E-state index in [9.17, 15) is 4.79 Å². The van der Waals surface area contributed by atoms with Crippen molar-refractivity contribution in [2.45, 2.75) is 33.2 Å². The van der Waals surface area contributed by atoms with Gasteiger partial charge in [-0.1, -0.05) is 30.3 Å². The number of aryl methyl sites for hydroxylation is 2. The van der Waals surface area contributed by atoms with E-state index in [1.54, 1.807) is 4.68 Å². The van der Waals surface area contributed by atoms with Crippen LogP contribution in [0.25, 0.3) is 5.57 Å². The Morgan fingerprint density at radius 3 is 2.56 bits per heavy atom. The first-order valence-corrected chi connectivity index (χ1v) is 8.87. The molecule has 25 heavy (non-hydrogen) atoms. The van der Waals surface area contributed by atoms with Crippen LogP contribution in [0.4, 0.5) is 5.69 Å². The van der Waals surface area contributed by atoms with Gasteiger partial charge in [0.25, 0.3) is 5.91 Å². The highest BCUT2D eigenvalue weighted by atomic mass is 16.2. The van der Waals surface area contributed by atoms with Crippen LogP contribution in [0, 0.1) is 13.8 Å². The van der Waals surface area contributed by atoms with E-state index in [0.29, 0.717) is 0 Å². The van der Waals surface area contributed by atoms with Crippen molar-refractivity contribution in [3.63, 3.8) is 0 Å². The summed E-state index contributed by atoms with van der Waals surface area (Å²) in [6.45, 7) is 7.76. The van der Waals surface area contributed by atoms with Gasteiger partial charge in [-0.05, 0) is 38.0 Å². The molecule has 0 radical (unpaired) electrons. The molecule has 0 fully saturated rings. The molecule has 132 valence electrons. The number of carbonyl (C=O) groups is 1. The Hall–Kier alpha value is -2.40. The maximum absolute atomic E-state index is 12.7. The Morgan fingerprint density at radius 1 is 1.28 bits per heavy atom. The minimum atomic E-state index is -0.0902. The highest BCUT2D eigenvalue weighted by Gasteiger charge is 2.28. The summed E-state index contributed by atoms with van der Waals surface area (Å²) in [6.07, 6.45) is 3.28. The van der Waals surface area contributed by atoms with Gasteiger partial charge in [-0.25, -0.2) is 0 Å². The monoisotopic (exact) mass is 339 g/mol.